The second-order valence-electron chi connectivity index (χ2n) is 6.46. The number of aryl methyl sites for hydroxylation is 1. The van der Waals surface area contributed by atoms with Crippen LogP contribution in [0.15, 0.2) is 10.5 Å². The zero-order chi connectivity index (χ0) is 13.8. The lowest BCUT2D eigenvalue weighted by molar-refractivity contribution is 0.310. The van der Waals surface area contributed by atoms with Gasteiger partial charge >= 0.3 is 0 Å². The van der Waals surface area contributed by atoms with E-state index in [9.17, 15) is 0 Å². The van der Waals surface area contributed by atoms with Gasteiger partial charge in [-0.15, -0.1) is 0 Å². The van der Waals surface area contributed by atoms with Gasteiger partial charge in [-0.05, 0) is 51.3 Å². The molecule has 1 saturated carbocycles. The van der Waals surface area contributed by atoms with Crippen LogP contribution in [0, 0.1) is 18.8 Å². The lowest BCUT2D eigenvalue weighted by Crippen LogP contribution is -2.20. The molecule has 1 aliphatic rings. The summed E-state index contributed by atoms with van der Waals surface area (Å²) in [5.41, 5.74) is 1.34. The molecule has 19 heavy (non-hydrogen) atoms. The normalized spacial score (nSPS) is 15.7. The Balaban J connectivity index is 1.81. The first-order chi connectivity index (χ1) is 9.04. The third kappa shape index (κ3) is 5.00. The number of furan rings is 1. The molecule has 0 unspecified atom stereocenters. The van der Waals surface area contributed by atoms with E-state index in [1.54, 1.807) is 0 Å². The van der Waals surface area contributed by atoms with Crippen LogP contribution in [0.2, 0.25) is 0 Å². The van der Waals surface area contributed by atoms with E-state index in [-0.39, 0.29) is 0 Å². The summed E-state index contributed by atoms with van der Waals surface area (Å²) in [7, 11) is 2.21. The maximum Gasteiger partial charge on any atom is 0.118 e. The SMILES string of the molecule is Cc1oc(CNCC(C)C)cc1CN(C)CC1CC1. The van der Waals surface area contributed by atoms with Crippen molar-refractivity contribution in [2.24, 2.45) is 11.8 Å². The standard InChI is InChI=1S/C16H28N2O/c1-12(2)8-17-9-16-7-15(13(3)19-16)11-18(4)10-14-5-6-14/h7,12,14,17H,5-6,8-11H2,1-4H3. The van der Waals surface area contributed by atoms with Gasteiger partial charge in [-0.1, -0.05) is 13.8 Å². The molecule has 108 valence electrons. The van der Waals surface area contributed by atoms with E-state index in [1.165, 1.54) is 24.9 Å². The van der Waals surface area contributed by atoms with Crippen molar-refractivity contribution in [2.45, 2.75) is 46.7 Å². The quantitative estimate of drug-likeness (QED) is 0.781. The average molecular weight is 264 g/mol. The predicted octanol–water partition coefficient (Wildman–Crippen LogP) is 3.18. The molecule has 0 atom stereocenters. The maximum atomic E-state index is 5.83. The van der Waals surface area contributed by atoms with Gasteiger partial charge < -0.3 is 14.6 Å². The van der Waals surface area contributed by atoms with Crippen molar-refractivity contribution in [3.63, 3.8) is 0 Å². The van der Waals surface area contributed by atoms with E-state index in [2.05, 4.69) is 44.1 Å². The summed E-state index contributed by atoms with van der Waals surface area (Å²) >= 11 is 0. The van der Waals surface area contributed by atoms with E-state index >= 15 is 0 Å². The topological polar surface area (TPSA) is 28.4 Å². The molecule has 0 amide bonds. The molecule has 1 N–H and O–H groups in total. The molecule has 1 aromatic heterocycles. The van der Waals surface area contributed by atoms with Crippen molar-refractivity contribution in [2.75, 3.05) is 20.1 Å². The summed E-state index contributed by atoms with van der Waals surface area (Å²) in [6.45, 7) is 10.6. The molecule has 0 aliphatic heterocycles. The van der Waals surface area contributed by atoms with Crippen LogP contribution in [-0.2, 0) is 13.1 Å². The molecule has 0 spiro atoms. The molecular formula is C16H28N2O. The Bertz CT molecular complexity index is 393. The van der Waals surface area contributed by atoms with Crippen molar-refractivity contribution >= 4 is 0 Å². The van der Waals surface area contributed by atoms with Crippen molar-refractivity contribution < 1.29 is 4.42 Å². The highest BCUT2D eigenvalue weighted by Crippen LogP contribution is 2.30. The fraction of sp³-hybridized carbons (Fsp3) is 0.750. The van der Waals surface area contributed by atoms with Crippen LogP contribution in [0.1, 0.15) is 43.8 Å². The Morgan fingerprint density at radius 2 is 2.16 bits per heavy atom. The first kappa shape index (κ1) is 14.6. The largest absolute Gasteiger partial charge is 0.465 e. The Morgan fingerprint density at radius 3 is 2.79 bits per heavy atom. The number of nitrogens with zero attached hydrogens (tertiary/aromatic N) is 1. The van der Waals surface area contributed by atoms with Crippen LogP contribution < -0.4 is 5.32 Å². The van der Waals surface area contributed by atoms with Gasteiger partial charge in [0.2, 0.25) is 0 Å². The highest BCUT2D eigenvalue weighted by atomic mass is 16.3. The lowest BCUT2D eigenvalue weighted by Gasteiger charge is -2.15. The fourth-order valence-corrected chi connectivity index (χ4v) is 2.41. The number of hydrogen-bond acceptors (Lipinski definition) is 3. The molecular weight excluding hydrogens is 236 g/mol. The van der Waals surface area contributed by atoms with Crippen LogP contribution in [0.5, 0.6) is 0 Å². The summed E-state index contributed by atoms with van der Waals surface area (Å²) in [5, 5.41) is 3.43. The van der Waals surface area contributed by atoms with Crippen molar-refractivity contribution in [1.82, 2.24) is 10.2 Å². The summed E-state index contributed by atoms with van der Waals surface area (Å²) in [5.74, 6) is 3.77. The fourth-order valence-electron chi connectivity index (χ4n) is 2.41. The third-order valence-corrected chi connectivity index (χ3v) is 3.63. The summed E-state index contributed by atoms with van der Waals surface area (Å²) in [6, 6.07) is 2.21. The van der Waals surface area contributed by atoms with Gasteiger partial charge in [-0.3, -0.25) is 0 Å². The molecule has 0 radical (unpaired) electrons. The summed E-state index contributed by atoms with van der Waals surface area (Å²) in [6.07, 6.45) is 2.83. The molecule has 1 aliphatic carbocycles. The highest BCUT2D eigenvalue weighted by Gasteiger charge is 2.23. The zero-order valence-electron chi connectivity index (χ0n) is 12.8. The average Bonchev–Trinajstić information content (AvgIpc) is 3.04. The molecule has 3 heteroatoms. The Labute approximate surface area is 117 Å². The highest BCUT2D eigenvalue weighted by molar-refractivity contribution is 5.20. The molecule has 2 rings (SSSR count). The molecule has 1 aromatic rings. The van der Waals surface area contributed by atoms with Crippen LogP contribution >= 0.6 is 0 Å². The van der Waals surface area contributed by atoms with Crippen LogP contribution in [-0.4, -0.2) is 25.0 Å². The Kier molecular flexibility index (Phi) is 5.06. The summed E-state index contributed by atoms with van der Waals surface area (Å²) < 4.78 is 5.83. The minimum absolute atomic E-state index is 0.681. The van der Waals surface area contributed by atoms with Gasteiger partial charge in [0.25, 0.3) is 0 Å². The van der Waals surface area contributed by atoms with Crippen molar-refractivity contribution in [3.05, 3.63) is 23.2 Å². The van der Waals surface area contributed by atoms with E-state index in [0.717, 1.165) is 37.1 Å². The van der Waals surface area contributed by atoms with Gasteiger partial charge in [-0.25, -0.2) is 0 Å². The van der Waals surface area contributed by atoms with Gasteiger partial charge in [0.1, 0.15) is 11.5 Å². The molecule has 1 fully saturated rings. The lowest BCUT2D eigenvalue weighted by atomic mass is 10.2. The van der Waals surface area contributed by atoms with E-state index in [4.69, 9.17) is 4.42 Å². The Morgan fingerprint density at radius 1 is 1.42 bits per heavy atom. The molecule has 1 heterocycles. The van der Waals surface area contributed by atoms with Crippen LogP contribution in [0.3, 0.4) is 0 Å². The van der Waals surface area contributed by atoms with Crippen LogP contribution in [0.25, 0.3) is 0 Å². The first-order valence-corrected chi connectivity index (χ1v) is 7.52. The monoisotopic (exact) mass is 264 g/mol. The van der Waals surface area contributed by atoms with Crippen molar-refractivity contribution in [3.8, 4) is 0 Å². The third-order valence-electron chi connectivity index (χ3n) is 3.63. The number of hydrogen-bond donors (Lipinski definition) is 1. The predicted molar refractivity (Wildman–Crippen MR) is 79.0 cm³/mol. The smallest absolute Gasteiger partial charge is 0.118 e. The van der Waals surface area contributed by atoms with E-state index in [1.807, 2.05) is 0 Å². The van der Waals surface area contributed by atoms with Gasteiger partial charge in [0.15, 0.2) is 0 Å². The molecule has 0 bridgehead atoms. The van der Waals surface area contributed by atoms with E-state index in [0.29, 0.717) is 5.92 Å². The number of nitrogens with one attached hydrogen (secondary N) is 1. The van der Waals surface area contributed by atoms with Gasteiger partial charge in [0, 0.05) is 18.7 Å². The summed E-state index contributed by atoms with van der Waals surface area (Å²) in [4.78, 5) is 2.42. The number of rotatable bonds is 8. The zero-order valence-corrected chi connectivity index (χ0v) is 12.8. The van der Waals surface area contributed by atoms with Gasteiger partial charge in [-0.2, -0.15) is 0 Å². The minimum atomic E-state index is 0.681. The Hall–Kier alpha value is -0.800. The molecule has 0 aromatic carbocycles. The second-order valence-corrected chi connectivity index (χ2v) is 6.46. The second kappa shape index (κ2) is 6.58. The van der Waals surface area contributed by atoms with Crippen molar-refractivity contribution in [1.29, 1.82) is 0 Å². The minimum Gasteiger partial charge on any atom is -0.465 e. The van der Waals surface area contributed by atoms with Gasteiger partial charge in [0.05, 0.1) is 6.54 Å². The molecule has 0 saturated heterocycles. The van der Waals surface area contributed by atoms with E-state index < -0.39 is 0 Å². The van der Waals surface area contributed by atoms with Crippen LogP contribution in [0.4, 0.5) is 0 Å². The first-order valence-electron chi connectivity index (χ1n) is 7.52. The molecule has 3 nitrogen and oxygen atoms in total. The maximum absolute atomic E-state index is 5.83.